The van der Waals surface area contributed by atoms with Crippen LogP contribution in [0.2, 0.25) is 0 Å². The summed E-state index contributed by atoms with van der Waals surface area (Å²) in [6.07, 6.45) is 4.92. The number of pyridine rings is 1. The topological polar surface area (TPSA) is 71.1 Å². The van der Waals surface area contributed by atoms with E-state index in [9.17, 15) is 9.59 Å². The minimum atomic E-state index is 0.0106. The van der Waals surface area contributed by atoms with E-state index in [2.05, 4.69) is 21.7 Å². The summed E-state index contributed by atoms with van der Waals surface area (Å²) in [6.45, 7) is 0. The largest absolute Gasteiger partial charge is 0.326 e. The van der Waals surface area contributed by atoms with Crippen molar-refractivity contribution in [1.29, 1.82) is 0 Å². The molecular weight excluding hydrogens is 362 g/mol. The molecule has 0 saturated heterocycles. The zero-order valence-corrected chi connectivity index (χ0v) is 16.2. The van der Waals surface area contributed by atoms with E-state index in [1.54, 1.807) is 6.20 Å². The lowest BCUT2D eigenvalue weighted by Crippen LogP contribution is -2.13. The molecule has 1 aliphatic heterocycles. The SMILES string of the molecule is O=C1Cc2cc(CCCC(=O)Nc3ccccc3Cc3ccccn3)ccc2N1. The molecule has 0 saturated carbocycles. The zero-order chi connectivity index (χ0) is 20.1. The molecular formula is C24H23N3O2. The fraction of sp³-hybridized carbons (Fsp3) is 0.208. The van der Waals surface area contributed by atoms with E-state index in [1.165, 1.54) is 0 Å². The first kappa shape index (κ1) is 18.9. The summed E-state index contributed by atoms with van der Waals surface area (Å²) in [4.78, 5) is 28.3. The number of amides is 2. The molecule has 0 bridgehead atoms. The minimum Gasteiger partial charge on any atom is -0.326 e. The van der Waals surface area contributed by atoms with Gasteiger partial charge in [-0.15, -0.1) is 0 Å². The number of aromatic nitrogens is 1. The van der Waals surface area contributed by atoms with Gasteiger partial charge in [0.2, 0.25) is 11.8 Å². The number of nitrogens with one attached hydrogen (secondary N) is 2. The van der Waals surface area contributed by atoms with Crippen LogP contribution in [0.4, 0.5) is 11.4 Å². The molecule has 2 aromatic carbocycles. The fourth-order valence-electron chi connectivity index (χ4n) is 3.60. The number of fused-ring (bicyclic) bond motifs is 1. The Balaban J connectivity index is 1.31. The van der Waals surface area contributed by atoms with Crippen LogP contribution in [0.25, 0.3) is 0 Å². The molecule has 2 N–H and O–H groups in total. The normalized spacial score (nSPS) is 12.3. The van der Waals surface area contributed by atoms with Gasteiger partial charge in [0.15, 0.2) is 0 Å². The molecule has 3 aromatic rings. The number of hydrogen-bond acceptors (Lipinski definition) is 3. The quantitative estimate of drug-likeness (QED) is 0.642. The highest BCUT2D eigenvalue weighted by atomic mass is 16.2. The second-order valence-corrected chi connectivity index (χ2v) is 7.27. The second-order valence-electron chi connectivity index (χ2n) is 7.27. The number of anilines is 2. The molecule has 2 amide bonds. The van der Waals surface area contributed by atoms with Gasteiger partial charge in [-0.1, -0.05) is 36.4 Å². The third kappa shape index (κ3) is 4.88. The molecule has 0 fully saturated rings. The van der Waals surface area contributed by atoms with Crippen LogP contribution < -0.4 is 10.6 Å². The van der Waals surface area contributed by atoms with Crippen molar-refractivity contribution in [2.45, 2.75) is 32.1 Å². The van der Waals surface area contributed by atoms with Gasteiger partial charge >= 0.3 is 0 Å². The van der Waals surface area contributed by atoms with Crippen molar-refractivity contribution in [3.8, 4) is 0 Å². The molecule has 0 unspecified atom stereocenters. The van der Waals surface area contributed by atoms with Crippen molar-refractivity contribution in [2.24, 2.45) is 0 Å². The van der Waals surface area contributed by atoms with Gasteiger partial charge in [0.25, 0.3) is 0 Å². The molecule has 1 aliphatic rings. The molecule has 5 heteroatoms. The molecule has 29 heavy (non-hydrogen) atoms. The van der Waals surface area contributed by atoms with Crippen LogP contribution in [0.1, 0.15) is 35.2 Å². The van der Waals surface area contributed by atoms with Gasteiger partial charge in [0.05, 0.1) is 6.42 Å². The van der Waals surface area contributed by atoms with Crippen LogP contribution in [-0.4, -0.2) is 16.8 Å². The molecule has 2 heterocycles. The standard InChI is InChI=1S/C24H23N3O2/c28-23(10-5-6-17-11-12-22-19(14-17)16-24(29)27-22)26-21-9-2-1-7-18(21)15-20-8-3-4-13-25-20/h1-4,7-9,11-14H,5-6,10,15-16H2,(H,26,28)(H,27,29). The summed E-state index contributed by atoms with van der Waals surface area (Å²) in [5.41, 5.74) is 5.96. The van der Waals surface area contributed by atoms with E-state index >= 15 is 0 Å². The van der Waals surface area contributed by atoms with E-state index in [1.807, 2.05) is 54.6 Å². The first-order chi connectivity index (χ1) is 14.2. The number of rotatable bonds is 7. The predicted molar refractivity (Wildman–Crippen MR) is 114 cm³/mol. The van der Waals surface area contributed by atoms with Crippen molar-refractivity contribution < 1.29 is 9.59 Å². The van der Waals surface area contributed by atoms with Crippen molar-refractivity contribution >= 4 is 23.2 Å². The number of hydrogen-bond donors (Lipinski definition) is 2. The highest BCUT2D eigenvalue weighted by Gasteiger charge is 2.17. The van der Waals surface area contributed by atoms with Gasteiger partial charge in [-0.2, -0.15) is 0 Å². The van der Waals surface area contributed by atoms with Crippen LogP contribution in [0, 0.1) is 0 Å². The Hall–Kier alpha value is -3.47. The van der Waals surface area contributed by atoms with Gasteiger partial charge < -0.3 is 10.6 Å². The van der Waals surface area contributed by atoms with E-state index in [-0.39, 0.29) is 11.8 Å². The van der Waals surface area contributed by atoms with Crippen LogP contribution in [-0.2, 0) is 28.9 Å². The second kappa shape index (κ2) is 8.69. The first-order valence-electron chi connectivity index (χ1n) is 9.87. The number of aryl methyl sites for hydroxylation is 1. The number of carbonyl (C=O) groups excluding carboxylic acids is 2. The molecule has 146 valence electrons. The van der Waals surface area contributed by atoms with Crippen LogP contribution >= 0.6 is 0 Å². The maximum atomic E-state index is 12.5. The Morgan fingerprint density at radius 3 is 2.79 bits per heavy atom. The van der Waals surface area contributed by atoms with Gasteiger partial charge in [-0.05, 0) is 53.8 Å². The summed E-state index contributed by atoms with van der Waals surface area (Å²) >= 11 is 0. The number of carbonyl (C=O) groups is 2. The Morgan fingerprint density at radius 1 is 1.07 bits per heavy atom. The molecule has 4 rings (SSSR count). The van der Waals surface area contributed by atoms with Crippen LogP contribution in [0.5, 0.6) is 0 Å². The number of benzene rings is 2. The summed E-state index contributed by atoms with van der Waals surface area (Å²) in [5, 5.41) is 5.88. The molecule has 5 nitrogen and oxygen atoms in total. The van der Waals surface area contributed by atoms with Gasteiger partial charge in [-0.3, -0.25) is 14.6 Å². The lowest BCUT2D eigenvalue weighted by atomic mass is 10.0. The summed E-state index contributed by atoms with van der Waals surface area (Å²) in [7, 11) is 0. The Kier molecular flexibility index (Phi) is 5.66. The smallest absolute Gasteiger partial charge is 0.228 e. The number of nitrogens with zero attached hydrogens (tertiary/aromatic N) is 1. The van der Waals surface area contributed by atoms with Crippen molar-refractivity contribution in [3.63, 3.8) is 0 Å². The number of para-hydroxylation sites is 1. The van der Waals surface area contributed by atoms with Gasteiger partial charge in [-0.25, -0.2) is 0 Å². The lowest BCUT2D eigenvalue weighted by Gasteiger charge is -2.11. The first-order valence-corrected chi connectivity index (χ1v) is 9.87. The summed E-state index contributed by atoms with van der Waals surface area (Å²) in [5.74, 6) is 0.0531. The molecule has 0 atom stereocenters. The highest BCUT2D eigenvalue weighted by Crippen LogP contribution is 2.24. The molecule has 0 radical (unpaired) electrons. The zero-order valence-electron chi connectivity index (χ0n) is 16.2. The molecule has 0 aliphatic carbocycles. The third-order valence-corrected chi connectivity index (χ3v) is 5.05. The average Bonchev–Trinajstić information content (AvgIpc) is 3.09. The van der Waals surface area contributed by atoms with E-state index in [0.717, 1.165) is 46.6 Å². The van der Waals surface area contributed by atoms with E-state index < -0.39 is 0 Å². The van der Waals surface area contributed by atoms with Gasteiger partial charge in [0, 0.05) is 36.1 Å². The van der Waals surface area contributed by atoms with Crippen molar-refractivity contribution in [3.05, 3.63) is 89.2 Å². The monoisotopic (exact) mass is 385 g/mol. The fourth-order valence-corrected chi connectivity index (χ4v) is 3.60. The highest BCUT2D eigenvalue weighted by molar-refractivity contribution is 5.99. The lowest BCUT2D eigenvalue weighted by molar-refractivity contribution is -0.116. The van der Waals surface area contributed by atoms with Crippen LogP contribution in [0.3, 0.4) is 0 Å². The van der Waals surface area contributed by atoms with Gasteiger partial charge in [0.1, 0.15) is 0 Å². The Bertz CT molecular complexity index is 1030. The predicted octanol–water partition coefficient (Wildman–Crippen LogP) is 4.13. The Labute approximate surface area is 170 Å². The van der Waals surface area contributed by atoms with E-state index in [0.29, 0.717) is 19.3 Å². The average molecular weight is 385 g/mol. The molecule has 1 aromatic heterocycles. The molecule has 0 spiro atoms. The van der Waals surface area contributed by atoms with Crippen LogP contribution in [0.15, 0.2) is 66.9 Å². The third-order valence-electron chi connectivity index (χ3n) is 5.05. The summed E-state index contributed by atoms with van der Waals surface area (Å²) in [6, 6.07) is 19.7. The van der Waals surface area contributed by atoms with E-state index in [4.69, 9.17) is 0 Å². The van der Waals surface area contributed by atoms with Crippen molar-refractivity contribution in [1.82, 2.24) is 4.98 Å². The Morgan fingerprint density at radius 2 is 1.93 bits per heavy atom. The summed E-state index contributed by atoms with van der Waals surface area (Å²) < 4.78 is 0. The van der Waals surface area contributed by atoms with Crippen molar-refractivity contribution in [2.75, 3.05) is 10.6 Å². The maximum Gasteiger partial charge on any atom is 0.228 e. The minimum absolute atomic E-state index is 0.0106. The maximum absolute atomic E-state index is 12.5.